The first-order chi connectivity index (χ1) is 23.7. The molecule has 49 heavy (non-hydrogen) atoms. The summed E-state index contributed by atoms with van der Waals surface area (Å²) in [5, 5.41) is 7.83. The number of rotatable bonds is 14. The minimum absolute atomic E-state index is 0.0373. The van der Waals surface area contributed by atoms with E-state index in [0.717, 1.165) is 6.42 Å². The zero-order chi connectivity index (χ0) is 34.9. The average Bonchev–Trinajstić information content (AvgIpc) is 3.70. The van der Waals surface area contributed by atoms with Crippen LogP contribution in [0.2, 0.25) is 0 Å². The lowest BCUT2D eigenvalue weighted by Crippen LogP contribution is -2.39. The summed E-state index contributed by atoms with van der Waals surface area (Å²) in [7, 11) is 1.89. The molecule has 0 aliphatic carbocycles. The van der Waals surface area contributed by atoms with Gasteiger partial charge in [0.1, 0.15) is 35.2 Å². The third-order valence-corrected chi connectivity index (χ3v) is 8.40. The molecule has 0 bridgehead atoms. The second-order valence-electron chi connectivity index (χ2n) is 11.8. The largest absolute Gasteiger partial charge is 0.457 e. The standard InChI is InChI=1S/C35H40FN9O4/c1-23(43(4)16-18-48-17-14-39-24(2)46)19-30(38-3)35(47)44-15-8-9-25(44)21-45-34-31(33(37)40-22-41-34)32(42-45)28-13-12-27(20-29(28)36)49-26-10-6-5-7-11-26/h5-7,10-13,19-20,22-23,25H,8-9,14-18,21H2,1-2,4H3,(H,39,46)(H2,37,40,41)/b30-19-/t23?,25-/m0/s1. The van der Waals surface area contributed by atoms with Crippen LogP contribution >= 0.6 is 0 Å². The molecule has 2 atom stereocenters. The summed E-state index contributed by atoms with van der Waals surface area (Å²) in [5.41, 5.74) is 7.23. The van der Waals surface area contributed by atoms with Gasteiger partial charge in [0.15, 0.2) is 5.65 Å². The number of fused-ring (bicyclic) bond motifs is 1. The lowest BCUT2D eigenvalue weighted by atomic mass is 10.1. The molecule has 0 radical (unpaired) electrons. The highest BCUT2D eigenvalue weighted by molar-refractivity contribution is 5.98. The lowest BCUT2D eigenvalue weighted by Gasteiger charge is -2.26. The van der Waals surface area contributed by atoms with Crippen molar-refractivity contribution in [3.05, 3.63) is 83.9 Å². The minimum atomic E-state index is -0.552. The molecule has 13 nitrogen and oxygen atoms in total. The third-order valence-electron chi connectivity index (χ3n) is 8.40. The Morgan fingerprint density at radius 3 is 2.73 bits per heavy atom. The highest BCUT2D eigenvalue weighted by Crippen LogP contribution is 2.35. The van der Waals surface area contributed by atoms with E-state index in [-0.39, 0.29) is 53.2 Å². The fourth-order valence-corrected chi connectivity index (χ4v) is 5.69. The van der Waals surface area contributed by atoms with E-state index in [4.69, 9.17) is 26.9 Å². The van der Waals surface area contributed by atoms with Gasteiger partial charge in [-0.2, -0.15) is 5.10 Å². The molecule has 5 rings (SSSR count). The molecule has 2 aromatic heterocycles. The predicted octanol–water partition coefficient (Wildman–Crippen LogP) is 4.27. The highest BCUT2D eigenvalue weighted by atomic mass is 19.1. The molecular formula is C35H40FN9O4. The Labute approximate surface area is 284 Å². The van der Waals surface area contributed by atoms with Crippen LogP contribution in [-0.2, 0) is 20.9 Å². The monoisotopic (exact) mass is 669 g/mol. The minimum Gasteiger partial charge on any atom is -0.457 e. The van der Waals surface area contributed by atoms with Crippen molar-refractivity contribution in [3.63, 3.8) is 0 Å². The number of likely N-dealkylation sites (tertiary alicyclic amines) is 1. The quantitative estimate of drug-likeness (QED) is 0.114. The smallest absolute Gasteiger partial charge is 0.252 e. The molecule has 3 N–H and O–H groups in total. The van der Waals surface area contributed by atoms with Gasteiger partial charge in [-0.3, -0.25) is 14.5 Å². The maximum absolute atomic E-state index is 15.6. The van der Waals surface area contributed by atoms with Crippen molar-refractivity contribution in [2.24, 2.45) is 0 Å². The Kier molecular flexibility index (Phi) is 11.5. The van der Waals surface area contributed by atoms with Crippen molar-refractivity contribution in [3.8, 4) is 22.8 Å². The molecule has 1 unspecified atom stereocenters. The average molecular weight is 670 g/mol. The number of nitrogens with two attached hydrogens (primary N) is 1. The molecule has 1 saturated heterocycles. The van der Waals surface area contributed by atoms with Crippen molar-refractivity contribution >= 4 is 28.7 Å². The number of anilines is 1. The third kappa shape index (κ3) is 8.56. The highest BCUT2D eigenvalue weighted by Gasteiger charge is 2.33. The molecule has 1 aliphatic heterocycles. The molecule has 2 amide bonds. The Morgan fingerprint density at radius 2 is 2.00 bits per heavy atom. The Hall–Kier alpha value is -5.39. The van der Waals surface area contributed by atoms with Crippen LogP contribution in [0.1, 0.15) is 26.7 Å². The summed E-state index contributed by atoms with van der Waals surface area (Å²) in [4.78, 5) is 40.5. The second-order valence-corrected chi connectivity index (χ2v) is 11.8. The van der Waals surface area contributed by atoms with Crippen LogP contribution < -0.4 is 15.8 Å². The van der Waals surface area contributed by atoms with Crippen LogP contribution in [0.15, 0.2) is 66.6 Å². The maximum Gasteiger partial charge on any atom is 0.252 e. The summed E-state index contributed by atoms with van der Waals surface area (Å²) >= 11 is 0. The zero-order valence-corrected chi connectivity index (χ0v) is 27.8. The SMILES string of the molecule is [C-]#[N+]/C(=C\C(C)N(C)CCOCCNC(C)=O)C(=O)N1CCC[C@H]1Cn1nc(-c2ccc(Oc3ccccc3)cc2F)c2c(N)ncnc21. The van der Waals surface area contributed by atoms with Crippen LogP contribution in [0.5, 0.6) is 11.5 Å². The van der Waals surface area contributed by atoms with Crippen LogP contribution in [0, 0.1) is 12.4 Å². The number of amides is 2. The summed E-state index contributed by atoms with van der Waals surface area (Å²) < 4.78 is 28.6. The van der Waals surface area contributed by atoms with Gasteiger partial charge in [-0.15, -0.1) is 0 Å². The van der Waals surface area contributed by atoms with Gasteiger partial charge in [0.25, 0.3) is 5.91 Å². The number of hydrogen-bond donors (Lipinski definition) is 2. The lowest BCUT2D eigenvalue weighted by molar-refractivity contribution is -0.127. The topological polar surface area (TPSA) is 145 Å². The van der Waals surface area contributed by atoms with E-state index in [1.54, 1.807) is 39.9 Å². The summed E-state index contributed by atoms with van der Waals surface area (Å²) in [6, 6.07) is 13.1. The summed E-state index contributed by atoms with van der Waals surface area (Å²) in [6.07, 6.45) is 4.45. The van der Waals surface area contributed by atoms with Crippen LogP contribution in [0.25, 0.3) is 27.1 Å². The van der Waals surface area contributed by atoms with E-state index < -0.39 is 5.82 Å². The van der Waals surface area contributed by atoms with Crippen LogP contribution in [0.3, 0.4) is 0 Å². The molecule has 2 aromatic carbocycles. The van der Waals surface area contributed by atoms with Crippen molar-refractivity contribution in [1.82, 2.24) is 34.9 Å². The van der Waals surface area contributed by atoms with E-state index in [1.807, 2.05) is 37.1 Å². The first-order valence-electron chi connectivity index (χ1n) is 16.1. The Morgan fingerprint density at radius 1 is 1.20 bits per heavy atom. The Balaban J connectivity index is 1.31. The summed E-state index contributed by atoms with van der Waals surface area (Å²) in [5.74, 6) is 0.0558. The van der Waals surface area contributed by atoms with Gasteiger partial charge < -0.3 is 25.4 Å². The number of para-hydroxylation sites is 1. The maximum atomic E-state index is 15.6. The molecule has 1 fully saturated rings. The molecule has 0 saturated carbocycles. The molecule has 3 heterocycles. The number of hydrogen-bond acceptors (Lipinski definition) is 9. The number of likely N-dealkylation sites (N-methyl/N-ethyl adjacent to an activating group) is 1. The van der Waals surface area contributed by atoms with E-state index in [9.17, 15) is 9.59 Å². The fraction of sp³-hybridized carbons (Fsp3) is 0.371. The van der Waals surface area contributed by atoms with Gasteiger partial charge in [-0.25, -0.2) is 23.9 Å². The number of nitrogen functional groups attached to an aromatic ring is 1. The number of benzene rings is 2. The molecular weight excluding hydrogens is 629 g/mol. The Bertz CT molecular complexity index is 1860. The molecule has 14 heteroatoms. The second kappa shape index (κ2) is 16.1. The number of ether oxygens (including phenoxy) is 2. The predicted molar refractivity (Wildman–Crippen MR) is 183 cm³/mol. The van der Waals surface area contributed by atoms with Crippen LogP contribution in [-0.4, -0.2) is 93.3 Å². The van der Waals surface area contributed by atoms with E-state index >= 15 is 4.39 Å². The molecule has 256 valence electrons. The van der Waals surface area contributed by atoms with Crippen molar-refractivity contribution in [2.75, 3.05) is 45.6 Å². The number of nitrogens with zero attached hydrogens (tertiary/aromatic N) is 7. The first-order valence-corrected chi connectivity index (χ1v) is 16.1. The van der Waals surface area contributed by atoms with Gasteiger partial charge >= 0.3 is 0 Å². The molecule has 4 aromatic rings. The number of carbonyl (C=O) groups is 2. The van der Waals surface area contributed by atoms with Gasteiger partial charge in [-0.1, -0.05) is 24.3 Å². The number of halogens is 1. The fourth-order valence-electron chi connectivity index (χ4n) is 5.69. The van der Waals surface area contributed by atoms with Crippen molar-refractivity contribution < 1.29 is 23.5 Å². The normalized spacial score (nSPS) is 15.4. The zero-order valence-electron chi connectivity index (χ0n) is 27.8. The van der Waals surface area contributed by atoms with Gasteiger partial charge in [0.05, 0.1) is 37.8 Å². The molecule has 1 aliphatic rings. The van der Waals surface area contributed by atoms with Crippen molar-refractivity contribution in [1.29, 1.82) is 0 Å². The number of nitrogens with one attached hydrogen (secondary N) is 1. The van der Waals surface area contributed by atoms with Crippen LogP contribution in [0.4, 0.5) is 10.2 Å². The van der Waals surface area contributed by atoms with E-state index in [2.05, 4.69) is 20.1 Å². The van der Waals surface area contributed by atoms with E-state index in [1.165, 1.54) is 19.3 Å². The molecule has 0 spiro atoms. The first kappa shape index (κ1) is 34.9. The van der Waals surface area contributed by atoms with Gasteiger partial charge in [0, 0.05) is 44.2 Å². The van der Waals surface area contributed by atoms with Gasteiger partial charge in [-0.05, 0) is 51.1 Å². The summed E-state index contributed by atoms with van der Waals surface area (Å²) in [6.45, 7) is 13.8. The number of carbonyl (C=O) groups excluding carboxylic acids is 2. The van der Waals surface area contributed by atoms with E-state index in [0.29, 0.717) is 61.8 Å². The van der Waals surface area contributed by atoms with Crippen molar-refractivity contribution in [2.45, 2.75) is 45.3 Å². The number of aromatic nitrogens is 4. The van der Waals surface area contributed by atoms with Gasteiger partial charge in [0.2, 0.25) is 11.6 Å².